The predicted molar refractivity (Wildman–Crippen MR) is 76.2 cm³/mol. The summed E-state index contributed by atoms with van der Waals surface area (Å²) in [5.41, 5.74) is 0.803. The molecule has 0 atom stereocenters. The second-order valence-corrected chi connectivity index (χ2v) is 5.23. The average Bonchev–Trinajstić information content (AvgIpc) is 3.04. The van der Waals surface area contributed by atoms with Crippen LogP contribution in [-0.4, -0.2) is 28.8 Å². The van der Waals surface area contributed by atoms with Crippen molar-refractivity contribution in [1.29, 1.82) is 0 Å². The highest BCUT2D eigenvalue weighted by Gasteiger charge is 2.19. The Morgan fingerprint density at radius 3 is 2.80 bits per heavy atom. The molecule has 0 aromatic carbocycles. The molecule has 0 spiro atoms. The van der Waals surface area contributed by atoms with Gasteiger partial charge in [-0.2, -0.15) is 5.10 Å². The minimum Gasteiger partial charge on any atom is -0.465 e. The molecular formula is C13H15N3O3S. The first-order valence-corrected chi connectivity index (χ1v) is 6.88. The normalized spacial score (nSPS) is 10.3. The van der Waals surface area contributed by atoms with Crippen molar-refractivity contribution in [3.8, 4) is 0 Å². The van der Waals surface area contributed by atoms with Crippen LogP contribution in [0.1, 0.15) is 32.6 Å². The number of hydrogen-bond donors (Lipinski definition) is 1. The summed E-state index contributed by atoms with van der Waals surface area (Å²) >= 11 is 1.37. The van der Waals surface area contributed by atoms with Crippen molar-refractivity contribution in [2.45, 2.75) is 13.3 Å². The van der Waals surface area contributed by atoms with Crippen LogP contribution in [0.25, 0.3) is 0 Å². The number of thiophene rings is 1. The maximum absolute atomic E-state index is 12.1. The molecule has 20 heavy (non-hydrogen) atoms. The smallest absolute Gasteiger partial charge is 0.340 e. The third-order valence-electron chi connectivity index (χ3n) is 2.82. The van der Waals surface area contributed by atoms with Crippen LogP contribution in [0.15, 0.2) is 18.3 Å². The molecule has 1 N–H and O–H groups in total. The van der Waals surface area contributed by atoms with E-state index in [1.165, 1.54) is 23.1 Å². The van der Waals surface area contributed by atoms with E-state index in [-0.39, 0.29) is 5.91 Å². The molecule has 0 bridgehead atoms. The number of ether oxygens (including phenoxy) is 1. The standard InChI is InChI=1S/C13H15N3O3S/c1-4-8-7-9(13(18)19-3)12(20-8)15-11(17)10-5-6-14-16(10)2/h5-7H,4H2,1-3H3,(H,15,17). The number of amides is 1. The molecule has 0 saturated heterocycles. The fraction of sp³-hybridized carbons (Fsp3) is 0.308. The van der Waals surface area contributed by atoms with Crippen LogP contribution in [0, 0.1) is 0 Å². The van der Waals surface area contributed by atoms with Crippen LogP contribution in [-0.2, 0) is 18.2 Å². The molecule has 0 aliphatic rings. The highest BCUT2D eigenvalue weighted by atomic mass is 32.1. The monoisotopic (exact) mass is 293 g/mol. The van der Waals surface area contributed by atoms with E-state index in [0.29, 0.717) is 16.3 Å². The molecule has 2 heterocycles. The van der Waals surface area contributed by atoms with Gasteiger partial charge in [0.05, 0.1) is 12.7 Å². The second kappa shape index (κ2) is 5.87. The van der Waals surface area contributed by atoms with Crippen molar-refractivity contribution in [3.63, 3.8) is 0 Å². The number of esters is 1. The van der Waals surface area contributed by atoms with Crippen molar-refractivity contribution in [2.75, 3.05) is 12.4 Å². The lowest BCUT2D eigenvalue weighted by atomic mass is 10.2. The van der Waals surface area contributed by atoms with Gasteiger partial charge in [-0.3, -0.25) is 9.48 Å². The van der Waals surface area contributed by atoms with E-state index in [1.807, 2.05) is 6.92 Å². The Hall–Kier alpha value is -2.15. The van der Waals surface area contributed by atoms with Gasteiger partial charge in [0.25, 0.3) is 5.91 Å². The van der Waals surface area contributed by atoms with Crippen molar-refractivity contribution in [2.24, 2.45) is 7.05 Å². The van der Waals surface area contributed by atoms with Gasteiger partial charge in [0.15, 0.2) is 0 Å². The summed E-state index contributed by atoms with van der Waals surface area (Å²) in [6.07, 6.45) is 2.33. The topological polar surface area (TPSA) is 73.2 Å². The van der Waals surface area contributed by atoms with Crippen LogP contribution < -0.4 is 5.32 Å². The molecule has 6 nitrogen and oxygen atoms in total. The molecule has 0 unspecified atom stereocenters. The number of methoxy groups -OCH3 is 1. The van der Waals surface area contributed by atoms with Gasteiger partial charge in [-0.05, 0) is 18.6 Å². The van der Waals surface area contributed by atoms with E-state index in [4.69, 9.17) is 4.74 Å². The van der Waals surface area contributed by atoms with Gasteiger partial charge in [0.2, 0.25) is 0 Å². The zero-order valence-corrected chi connectivity index (χ0v) is 12.3. The lowest BCUT2D eigenvalue weighted by molar-refractivity contribution is 0.0602. The van der Waals surface area contributed by atoms with E-state index in [0.717, 1.165) is 11.3 Å². The maximum atomic E-state index is 12.1. The Kier molecular flexibility index (Phi) is 4.19. The highest BCUT2D eigenvalue weighted by molar-refractivity contribution is 7.16. The van der Waals surface area contributed by atoms with Crippen LogP contribution in [0.5, 0.6) is 0 Å². The van der Waals surface area contributed by atoms with E-state index in [1.54, 1.807) is 25.4 Å². The third kappa shape index (κ3) is 2.72. The van der Waals surface area contributed by atoms with Crippen molar-refractivity contribution in [3.05, 3.63) is 34.5 Å². The van der Waals surface area contributed by atoms with Crippen LogP contribution in [0.3, 0.4) is 0 Å². The number of nitrogens with one attached hydrogen (secondary N) is 1. The zero-order chi connectivity index (χ0) is 14.7. The Balaban J connectivity index is 2.29. The van der Waals surface area contributed by atoms with Crippen LogP contribution in [0.4, 0.5) is 5.00 Å². The summed E-state index contributed by atoms with van der Waals surface area (Å²) in [6.45, 7) is 1.99. The van der Waals surface area contributed by atoms with Crippen LogP contribution >= 0.6 is 11.3 Å². The summed E-state index contributed by atoms with van der Waals surface area (Å²) in [6, 6.07) is 3.36. The molecule has 0 radical (unpaired) electrons. The van der Waals surface area contributed by atoms with Gasteiger partial charge >= 0.3 is 5.97 Å². The average molecular weight is 293 g/mol. The quantitative estimate of drug-likeness (QED) is 0.876. The largest absolute Gasteiger partial charge is 0.465 e. The van der Waals surface area contributed by atoms with Gasteiger partial charge in [-0.25, -0.2) is 4.79 Å². The van der Waals surface area contributed by atoms with E-state index >= 15 is 0 Å². The lowest BCUT2D eigenvalue weighted by Gasteiger charge is -2.05. The Morgan fingerprint density at radius 2 is 2.25 bits per heavy atom. The molecule has 1 amide bonds. The number of anilines is 1. The first-order chi connectivity index (χ1) is 9.56. The summed E-state index contributed by atoms with van der Waals surface area (Å²) in [5.74, 6) is -0.763. The number of aryl methyl sites for hydroxylation is 2. The Labute approximate surface area is 120 Å². The second-order valence-electron chi connectivity index (χ2n) is 4.09. The summed E-state index contributed by atoms with van der Waals surface area (Å²) < 4.78 is 6.20. The number of rotatable bonds is 4. The molecule has 0 aliphatic carbocycles. The number of aromatic nitrogens is 2. The van der Waals surface area contributed by atoms with Crippen molar-refractivity contribution < 1.29 is 14.3 Å². The zero-order valence-electron chi connectivity index (χ0n) is 11.5. The number of carbonyl (C=O) groups is 2. The lowest BCUT2D eigenvalue weighted by Crippen LogP contribution is -2.17. The highest BCUT2D eigenvalue weighted by Crippen LogP contribution is 2.29. The van der Waals surface area contributed by atoms with Gasteiger partial charge in [-0.15, -0.1) is 11.3 Å². The SMILES string of the molecule is CCc1cc(C(=O)OC)c(NC(=O)c2ccnn2C)s1. The molecule has 2 aromatic heterocycles. The molecule has 7 heteroatoms. The van der Waals surface area contributed by atoms with Gasteiger partial charge in [-0.1, -0.05) is 6.92 Å². The van der Waals surface area contributed by atoms with Crippen molar-refractivity contribution in [1.82, 2.24) is 9.78 Å². The Bertz CT molecular complexity index is 645. The molecule has 0 fully saturated rings. The van der Waals surface area contributed by atoms with E-state index in [9.17, 15) is 9.59 Å². The molecule has 0 saturated carbocycles. The molecule has 0 aliphatic heterocycles. The molecule has 2 rings (SSSR count). The predicted octanol–water partition coefficient (Wildman–Crippen LogP) is 2.08. The van der Waals surface area contributed by atoms with Gasteiger partial charge in [0.1, 0.15) is 10.7 Å². The van der Waals surface area contributed by atoms with Gasteiger partial charge < -0.3 is 10.1 Å². The minimum atomic E-state index is -0.457. The number of hydrogen-bond acceptors (Lipinski definition) is 5. The molecular weight excluding hydrogens is 278 g/mol. The summed E-state index contributed by atoms with van der Waals surface area (Å²) in [4.78, 5) is 24.9. The summed E-state index contributed by atoms with van der Waals surface area (Å²) in [7, 11) is 3.00. The summed E-state index contributed by atoms with van der Waals surface area (Å²) in [5, 5.41) is 7.18. The van der Waals surface area contributed by atoms with Crippen molar-refractivity contribution >= 4 is 28.2 Å². The minimum absolute atomic E-state index is 0.306. The van der Waals surface area contributed by atoms with Crippen LogP contribution in [0.2, 0.25) is 0 Å². The third-order valence-corrected chi connectivity index (χ3v) is 4.01. The number of carbonyl (C=O) groups excluding carboxylic acids is 2. The molecule has 2 aromatic rings. The first-order valence-electron chi connectivity index (χ1n) is 6.07. The molecule has 106 valence electrons. The van der Waals surface area contributed by atoms with Gasteiger partial charge in [0, 0.05) is 18.1 Å². The number of nitrogens with zero attached hydrogens (tertiary/aromatic N) is 2. The van der Waals surface area contributed by atoms with E-state index < -0.39 is 5.97 Å². The fourth-order valence-electron chi connectivity index (χ4n) is 1.73. The first kappa shape index (κ1) is 14.3. The fourth-order valence-corrected chi connectivity index (χ4v) is 2.71. The maximum Gasteiger partial charge on any atom is 0.340 e. The Morgan fingerprint density at radius 1 is 1.50 bits per heavy atom. The van der Waals surface area contributed by atoms with E-state index in [2.05, 4.69) is 10.4 Å².